The van der Waals surface area contributed by atoms with Crippen LogP contribution in [0.1, 0.15) is 5.56 Å². The third kappa shape index (κ3) is 2.89. The van der Waals surface area contributed by atoms with Crippen LogP contribution in [0.5, 0.6) is 0 Å². The molecule has 102 valence electrons. The first-order chi connectivity index (χ1) is 9.72. The molecule has 2 N–H and O–H groups in total. The molecule has 0 radical (unpaired) electrons. The van der Waals surface area contributed by atoms with E-state index in [1.165, 1.54) is 0 Å². The number of imidazole rings is 1. The van der Waals surface area contributed by atoms with Gasteiger partial charge in [-0.1, -0.05) is 12.1 Å². The standard InChI is InChI=1S/C15H15BrN4/c16-12-5-11(7-18-8-12)6-13(17)9-20-10-19-14-3-1-2-4-15(14)20/h1-5,7-8,10,13H,6,9,17H2. The molecule has 1 aromatic carbocycles. The monoisotopic (exact) mass is 330 g/mol. The lowest BCUT2D eigenvalue weighted by atomic mass is 10.1. The number of nitrogens with zero attached hydrogens (tertiary/aromatic N) is 3. The number of benzene rings is 1. The molecule has 0 bridgehead atoms. The van der Waals surface area contributed by atoms with Gasteiger partial charge in [0.2, 0.25) is 0 Å². The number of para-hydroxylation sites is 2. The van der Waals surface area contributed by atoms with E-state index >= 15 is 0 Å². The van der Waals surface area contributed by atoms with Gasteiger partial charge in [-0.3, -0.25) is 4.98 Å². The number of aromatic nitrogens is 3. The Bertz CT molecular complexity index is 722. The SMILES string of the molecule is NC(Cc1cncc(Br)c1)Cn1cnc2ccccc21. The Balaban J connectivity index is 1.74. The number of fused-ring (bicyclic) bond motifs is 1. The molecule has 1 unspecified atom stereocenters. The highest BCUT2D eigenvalue weighted by Gasteiger charge is 2.08. The molecule has 3 aromatic rings. The quantitative estimate of drug-likeness (QED) is 0.800. The van der Waals surface area contributed by atoms with Crippen LogP contribution < -0.4 is 5.73 Å². The third-order valence-electron chi connectivity index (χ3n) is 3.22. The molecule has 20 heavy (non-hydrogen) atoms. The Hall–Kier alpha value is -1.72. The van der Waals surface area contributed by atoms with Gasteiger partial charge < -0.3 is 10.3 Å². The highest BCUT2D eigenvalue weighted by atomic mass is 79.9. The Kier molecular flexibility index (Phi) is 3.80. The molecule has 3 rings (SSSR count). The van der Waals surface area contributed by atoms with Crippen molar-refractivity contribution in [1.82, 2.24) is 14.5 Å². The van der Waals surface area contributed by atoms with Crippen molar-refractivity contribution >= 4 is 27.0 Å². The largest absolute Gasteiger partial charge is 0.329 e. The van der Waals surface area contributed by atoms with E-state index in [2.05, 4.69) is 42.6 Å². The van der Waals surface area contributed by atoms with Crippen LogP contribution in [0.25, 0.3) is 11.0 Å². The van der Waals surface area contributed by atoms with Crippen LogP contribution in [0.3, 0.4) is 0 Å². The summed E-state index contributed by atoms with van der Waals surface area (Å²) in [5.74, 6) is 0. The van der Waals surface area contributed by atoms with Gasteiger partial charge in [-0.05, 0) is 46.1 Å². The first kappa shape index (κ1) is 13.3. The van der Waals surface area contributed by atoms with Crippen molar-refractivity contribution in [3.8, 4) is 0 Å². The normalized spacial score (nSPS) is 12.7. The summed E-state index contributed by atoms with van der Waals surface area (Å²) in [6.45, 7) is 0.743. The van der Waals surface area contributed by atoms with Crippen molar-refractivity contribution in [2.45, 2.75) is 19.0 Å². The molecule has 0 aliphatic carbocycles. The summed E-state index contributed by atoms with van der Waals surface area (Å²) in [5.41, 5.74) is 9.51. The summed E-state index contributed by atoms with van der Waals surface area (Å²) in [6, 6.07) is 10.2. The first-order valence-corrected chi connectivity index (χ1v) is 7.26. The molecular formula is C15H15BrN4. The number of pyridine rings is 1. The van der Waals surface area contributed by atoms with Gasteiger partial charge in [-0.2, -0.15) is 0 Å². The van der Waals surface area contributed by atoms with Gasteiger partial charge in [0.15, 0.2) is 0 Å². The maximum Gasteiger partial charge on any atom is 0.0958 e. The van der Waals surface area contributed by atoms with Crippen LogP contribution in [0, 0.1) is 0 Å². The topological polar surface area (TPSA) is 56.7 Å². The zero-order valence-electron chi connectivity index (χ0n) is 10.9. The van der Waals surface area contributed by atoms with Crippen molar-refractivity contribution in [1.29, 1.82) is 0 Å². The number of hydrogen-bond donors (Lipinski definition) is 1. The average molecular weight is 331 g/mol. The second-order valence-electron chi connectivity index (χ2n) is 4.86. The van der Waals surface area contributed by atoms with Gasteiger partial charge in [0, 0.05) is 29.5 Å². The van der Waals surface area contributed by atoms with E-state index in [0.29, 0.717) is 0 Å². The van der Waals surface area contributed by atoms with Gasteiger partial charge in [0.05, 0.1) is 17.4 Å². The summed E-state index contributed by atoms with van der Waals surface area (Å²) < 4.78 is 3.08. The molecule has 0 amide bonds. The average Bonchev–Trinajstić information content (AvgIpc) is 2.82. The fourth-order valence-electron chi connectivity index (χ4n) is 2.34. The van der Waals surface area contributed by atoms with Crippen molar-refractivity contribution < 1.29 is 0 Å². The van der Waals surface area contributed by atoms with E-state index in [0.717, 1.165) is 34.0 Å². The number of nitrogens with two attached hydrogens (primary N) is 1. The Morgan fingerprint density at radius 3 is 2.95 bits per heavy atom. The summed E-state index contributed by atoms with van der Waals surface area (Å²) in [5, 5.41) is 0. The Morgan fingerprint density at radius 1 is 1.25 bits per heavy atom. The van der Waals surface area contributed by atoms with Crippen molar-refractivity contribution in [3.63, 3.8) is 0 Å². The minimum absolute atomic E-state index is 0.0312. The van der Waals surface area contributed by atoms with Crippen LogP contribution >= 0.6 is 15.9 Å². The zero-order valence-corrected chi connectivity index (χ0v) is 12.5. The zero-order chi connectivity index (χ0) is 13.9. The lowest BCUT2D eigenvalue weighted by molar-refractivity contribution is 0.558. The fraction of sp³-hybridized carbons (Fsp3) is 0.200. The van der Waals surface area contributed by atoms with Gasteiger partial charge >= 0.3 is 0 Å². The van der Waals surface area contributed by atoms with E-state index in [9.17, 15) is 0 Å². The summed E-state index contributed by atoms with van der Waals surface area (Å²) >= 11 is 3.43. The highest BCUT2D eigenvalue weighted by molar-refractivity contribution is 9.10. The highest BCUT2D eigenvalue weighted by Crippen LogP contribution is 2.14. The third-order valence-corrected chi connectivity index (χ3v) is 3.65. The van der Waals surface area contributed by atoms with Crippen LogP contribution in [0.2, 0.25) is 0 Å². The number of hydrogen-bond acceptors (Lipinski definition) is 3. The molecule has 1 atom stereocenters. The smallest absolute Gasteiger partial charge is 0.0958 e. The molecule has 0 aliphatic rings. The predicted molar refractivity (Wildman–Crippen MR) is 83.3 cm³/mol. The van der Waals surface area contributed by atoms with Gasteiger partial charge in [0.25, 0.3) is 0 Å². The van der Waals surface area contributed by atoms with Crippen LogP contribution in [-0.4, -0.2) is 20.6 Å². The van der Waals surface area contributed by atoms with E-state index < -0.39 is 0 Å². The second-order valence-corrected chi connectivity index (χ2v) is 5.78. The number of halogens is 1. The summed E-state index contributed by atoms with van der Waals surface area (Å²) in [7, 11) is 0. The van der Waals surface area contributed by atoms with E-state index in [-0.39, 0.29) is 6.04 Å². The van der Waals surface area contributed by atoms with Crippen LogP contribution in [0.4, 0.5) is 0 Å². The molecule has 5 heteroatoms. The van der Waals surface area contributed by atoms with Crippen molar-refractivity contribution in [2.75, 3.05) is 0 Å². The van der Waals surface area contributed by atoms with Crippen molar-refractivity contribution in [2.24, 2.45) is 5.73 Å². The minimum Gasteiger partial charge on any atom is -0.329 e. The van der Waals surface area contributed by atoms with Gasteiger partial charge in [-0.15, -0.1) is 0 Å². The molecule has 0 spiro atoms. The lowest BCUT2D eigenvalue weighted by Crippen LogP contribution is -2.28. The maximum absolute atomic E-state index is 6.25. The molecule has 0 saturated heterocycles. The summed E-state index contributed by atoms with van der Waals surface area (Å²) in [4.78, 5) is 8.54. The van der Waals surface area contributed by atoms with E-state index in [1.54, 1.807) is 6.20 Å². The molecule has 2 heterocycles. The molecule has 2 aromatic heterocycles. The predicted octanol–water partition coefficient (Wildman–Crippen LogP) is 2.76. The van der Waals surface area contributed by atoms with Gasteiger partial charge in [0.1, 0.15) is 0 Å². The van der Waals surface area contributed by atoms with E-state index in [1.807, 2.05) is 30.7 Å². The van der Waals surface area contributed by atoms with Crippen LogP contribution in [0.15, 0.2) is 53.5 Å². The maximum atomic E-state index is 6.25. The van der Waals surface area contributed by atoms with Gasteiger partial charge in [-0.25, -0.2) is 4.98 Å². The van der Waals surface area contributed by atoms with Crippen molar-refractivity contribution in [3.05, 3.63) is 59.1 Å². The Morgan fingerprint density at radius 2 is 2.10 bits per heavy atom. The second kappa shape index (κ2) is 5.73. The number of rotatable bonds is 4. The summed E-state index contributed by atoms with van der Waals surface area (Å²) in [6.07, 6.45) is 6.28. The Labute approximate surface area is 125 Å². The molecular weight excluding hydrogens is 316 g/mol. The van der Waals surface area contributed by atoms with Crippen LogP contribution in [-0.2, 0) is 13.0 Å². The minimum atomic E-state index is 0.0312. The molecule has 0 saturated carbocycles. The first-order valence-electron chi connectivity index (χ1n) is 6.47. The lowest BCUT2D eigenvalue weighted by Gasteiger charge is -2.13. The van der Waals surface area contributed by atoms with E-state index in [4.69, 9.17) is 5.73 Å². The molecule has 0 aliphatic heterocycles. The molecule has 4 nitrogen and oxygen atoms in total. The fourth-order valence-corrected chi connectivity index (χ4v) is 2.76. The molecule has 0 fully saturated rings.